The first-order valence-electron chi connectivity index (χ1n) is 11.2. The van der Waals surface area contributed by atoms with E-state index in [9.17, 15) is 12.8 Å². The van der Waals surface area contributed by atoms with Gasteiger partial charge >= 0.3 is 0 Å². The molecule has 0 N–H and O–H groups in total. The van der Waals surface area contributed by atoms with E-state index in [2.05, 4.69) is 10.2 Å². The molecule has 3 fully saturated rings. The molecule has 168 valence electrons. The molecule has 2 aliphatic carbocycles. The zero-order valence-electron chi connectivity index (χ0n) is 17.8. The number of hydrogen-bond acceptors (Lipinski definition) is 5. The lowest BCUT2D eigenvalue weighted by Crippen LogP contribution is -2.49. The molecule has 2 aromatic rings. The predicted octanol–water partition coefficient (Wildman–Crippen LogP) is 3.95. The fourth-order valence-electron chi connectivity index (χ4n) is 5.34. The molecular formula is C22H29FN4O3S. The molecule has 1 aliphatic heterocycles. The molecule has 0 bridgehead atoms. The van der Waals surface area contributed by atoms with Gasteiger partial charge in [-0.2, -0.15) is 17.0 Å². The molecule has 2 saturated carbocycles. The van der Waals surface area contributed by atoms with Crippen LogP contribution in [0.1, 0.15) is 63.2 Å². The average molecular weight is 449 g/mol. The van der Waals surface area contributed by atoms with Crippen molar-refractivity contribution in [2.24, 2.45) is 5.41 Å². The maximum absolute atomic E-state index is 13.5. The van der Waals surface area contributed by atoms with Gasteiger partial charge in [-0.25, -0.2) is 4.39 Å². The van der Waals surface area contributed by atoms with E-state index in [1.54, 1.807) is 27.8 Å². The van der Waals surface area contributed by atoms with Crippen LogP contribution in [0.5, 0.6) is 0 Å². The highest BCUT2D eigenvalue weighted by molar-refractivity contribution is 7.86. The SMILES string of the molecule is CN(C1CCCCC1)S(=O)(=O)N1CCC2(CC1)C[C@H]2c1nnc(-c2cccc(F)c2)o1. The fourth-order valence-corrected chi connectivity index (χ4v) is 6.94. The summed E-state index contributed by atoms with van der Waals surface area (Å²) in [5.74, 6) is 0.718. The predicted molar refractivity (Wildman–Crippen MR) is 114 cm³/mol. The summed E-state index contributed by atoms with van der Waals surface area (Å²) in [5, 5.41) is 8.31. The molecule has 7 nitrogen and oxygen atoms in total. The minimum absolute atomic E-state index is 0.0428. The van der Waals surface area contributed by atoms with Gasteiger partial charge in [0.15, 0.2) is 0 Å². The second-order valence-corrected chi connectivity index (χ2v) is 11.3. The van der Waals surface area contributed by atoms with Gasteiger partial charge in [0.25, 0.3) is 10.2 Å². The van der Waals surface area contributed by atoms with Gasteiger partial charge in [-0.05, 0) is 55.7 Å². The van der Waals surface area contributed by atoms with E-state index in [1.807, 2.05) is 0 Å². The summed E-state index contributed by atoms with van der Waals surface area (Å²) in [6, 6.07) is 6.25. The molecular weight excluding hydrogens is 419 g/mol. The van der Waals surface area contributed by atoms with Gasteiger partial charge < -0.3 is 4.42 Å². The van der Waals surface area contributed by atoms with Crippen LogP contribution in [0.2, 0.25) is 0 Å². The number of hydrogen-bond donors (Lipinski definition) is 0. The number of halogens is 1. The lowest BCUT2D eigenvalue weighted by Gasteiger charge is -2.37. The topological polar surface area (TPSA) is 79.5 Å². The fraction of sp³-hybridized carbons (Fsp3) is 0.636. The van der Waals surface area contributed by atoms with Crippen LogP contribution in [0.25, 0.3) is 11.5 Å². The Morgan fingerprint density at radius 1 is 1.16 bits per heavy atom. The highest BCUT2D eigenvalue weighted by Gasteiger charge is 2.59. The van der Waals surface area contributed by atoms with E-state index >= 15 is 0 Å². The van der Waals surface area contributed by atoms with Crippen molar-refractivity contribution >= 4 is 10.2 Å². The van der Waals surface area contributed by atoms with Gasteiger partial charge in [0.05, 0.1) is 0 Å². The third kappa shape index (κ3) is 3.91. The first-order valence-corrected chi connectivity index (χ1v) is 12.6. The van der Waals surface area contributed by atoms with Crippen LogP contribution in [-0.2, 0) is 10.2 Å². The number of aromatic nitrogens is 2. The van der Waals surface area contributed by atoms with Gasteiger partial charge in [0.1, 0.15) is 5.82 Å². The maximum atomic E-state index is 13.5. The molecule has 31 heavy (non-hydrogen) atoms. The van der Waals surface area contributed by atoms with E-state index in [-0.39, 0.29) is 23.2 Å². The number of piperidine rings is 1. The average Bonchev–Trinajstić information content (AvgIpc) is 3.24. The largest absolute Gasteiger partial charge is 0.420 e. The molecule has 9 heteroatoms. The van der Waals surface area contributed by atoms with Crippen molar-refractivity contribution in [1.82, 2.24) is 18.8 Å². The van der Waals surface area contributed by atoms with Gasteiger partial charge in [-0.3, -0.25) is 0 Å². The van der Waals surface area contributed by atoms with Crippen molar-refractivity contribution in [3.8, 4) is 11.5 Å². The number of nitrogens with zero attached hydrogens (tertiary/aromatic N) is 4. The van der Waals surface area contributed by atoms with Gasteiger partial charge in [-0.1, -0.05) is 25.3 Å². The van der Waals surface area contributed by atoms with E-state index in [0.717, 1.165) is 44.9 Å². The minimum Gasteiger partial charge on any atom is -0.420 e. The second kappa shape index (κ2) is 7.94. The molecule has 0 unspecified atom stereocenters. The molecule has 1 aromatic heterocycles. The summed E-state index contributed by atoms with van der Waals surface area (Å²) in [7, 11) is -1.68. The van der Waals surface area contributed by atoms with Crippen molar-refractivity contribution in [2.75, 3.05) is 20.1 Å². The highest BCUT2D eigenvalue weighted by Crippen LogP contribution is 2.64. The summed E-state index contributed by atoms with van der Waals surface area (Å²) >= 11 is 0. The zero-order chi connectivity index (χ0) is 21.6. The molecule has 0 amide bonds. The first kappa shape index (κ1) is 21.0. The highest BCUT2D eigenvalue weighted by atomic mass is 32.2. The Labute approximate surface area is 182 Å². The Balaban J connectivity index is 1.22. The Kier molecular flexibility index (Phi) is 5.38. The van der Waals surface area contributed by atoms with Crippen LogP contribution >= 0.6 is 0 Å². The van der Waals surface area contributed by atoms with Crippen molar-refractivity contribution in [3.63, 3.8) is 0 Å². The second-order valence-electron chi connectivity index (χ2n) is 9.29. The molecule has 3 aliphatic rings. The molecule has 1 spiro atoms. The lowest BCUT2D eigenvalue weighted by atomic mass is 9.92. The summed E-state index contributed by atoms with van der Waals surface area (Å²) in [5.41, 5.74) is 0.612. The first-order chi connectivity index (χ1) is 14.9. The number of benzene rings is 1. The van der Waals surface area contributed by atoms with E-state index in [1.165, 1.54) is 18.6 Å². The summed E-state index contributed by atoms with van der Waals surface area (Å²) in [6.45, 7) is 1.06. The quantitative estimate of drug-likeness (QED) is 0.692. The lowest BCUT2D eigenvalue weighted by molar-refractivity contribution is 0.216. The number of rotatable bonds is 5. The van der Waals surface area contributed by atoms with Gasteiger partial charge in [0.2, 0.25) is 11.8 Å². The maximum Gasteiger partial charge on any atom is 0.281 e. The van der Waals surface area contributed by atoms with Crippen molar-refractivity contribution in [1.29, 1.82) is 0 Å². The third-order valence-electron chi connectivity index (χ3n) is 7.50. The van der Waals surface area contributed by atoms with E-state index in [0.29, 0.717) is 30.4 Å². The van der Waals surface area contributed by atoms with E-state index in [4.69, 9.17) is 4.42 Å². The zero-order valence-corrected chi connectivity index (χ0v) is 18.7. The van der Waals surface area contributed by atoms with Crippen molar-refractivity contribution in [2.45, 2.75) is 63.3 Å². The van der Waals surface area contributed by atoms with Gasteiger partial charge in [-0.15, -0.1) is 10.2 Å². The summed E-state index contributed by atoms with van der Waals surface area (Å²) in [4.78, 5) is 0. The smallest absolute Gasteiger partial charge is 0.281 e. The Bertz CT molecular complexity index is 1040. The molecule has 0 radical (unpaired) electrons. The normalized spacial score (nSPS) is 24.7. The Morgan fingerprint density at radius 3 is 2.61 bits per heavy atom. The van der Waals surface area contributed by atoms with Gasteiger partial charge in [0, 0.05) is 37.7 Å². The van der Waals surface area contributed by atoms with Crippen molar-refractivity contribution in [3.05, 3.63) is 36.0 Å². The van der Waals surface area contributed by atoms with Crippen molar-refractivity contribution < 1.29 is 17.2 Å². The van der Waals surface area contributed by atoms with Crippen LogP contribution in [0.4, 0.5) is 4.39 Å². The minimum atomic E-state index is -3.42. The molecule has 1 atom stereocenters. The van der Waals surface area contributed by atoms with Crippen LogP contribution in [0.3, 0.4) is 0 Å². The van der Waals surface area contributed by atoms with Crippen LogP contribution in [0.15, 0.2) is 28.7 Å². The molecule has 1 aromatic carbocycles. The monoisotopic (exact) mass is 448 g/mol. The Morgan fingerprint density at radius 2 is 1.90 bits per heavy atom. The van der Waals surface area contributed by atoms with Crippen LogP contribution < -0.4 is 0 Å². The third-order valence-corrected chi connectivity index (χ3v) is 9.54. The summed E-state index contributed by atoms with van der Waals surface area (Å²) in [6.07, 6.45) is 7.87. The standard InChI is InChI=1S/C22H29FN4O3S/c1-26(18-8-3-2-4-9-18)31(28,29)27-12-10-22(11-13-27)15-19(22)21-25-24-20(30-21)16-6-5-7-17(23)14-16/h5-7,14,18-19H,2-4,8-13,15H2,1H3/t19-/m0/s1. The summed E-state index contributed by atoms with van der Waals surface area (Å²) < 4.78 is 48.9. The van der Waals surface area contributed by atoms with Crippen LogP contribution in [0, 0.1) is 11.2 Å². The van der Waals surface area contributed by atoms with E-state index < -0.39 is 10.2 Å². The molecule has 1 saturated heterocycles. The van der Waals surface area contributed by atoms with Crippen LogP contribution in [-0.4, -0.2) is 53.4 Å². The molecule has 2 heterocycles. The molecule has 5 rings (SSSR count). The Hall–Kier alpha value is -1.84.